The van der Waals surface area contributed by atoms with Gasteiger partial charge in [-0.3, -0.25) is 9.69 Å². The summed E-state index contributed by atoms with van der Waals surface area (Å²) in [6, 6.07) is 13.7. The Kier molecular flexibility index (Phi) is 9.97. The Balaban J connectivity index is 1.44. The standard InChI is InChI=1S/C34H42F3N5O4/c1-33(2,3)46-32(44)38-14-6-8-26-20-39-31(43)30-29(24-12-10-23(11-13-24)21-41-17-15-40(4)16-18-41)28(22-42(26)30)25-7-5-9-27(19-25)45-34(35,36)37/h5,7,9-13,19,22,26H,6,8,14-18,20-21H2,1-4H3,(H,38,44)(H,39,43)/t26-/m0/s1. The topological polar surface area (TPSA) is 88.1 Å². The Bertz CT molecular complexity index is 1520. The third-order valence-electron chi connectivity index (χ3n) is 8.14. The van der Waals surface area contributed by atoms with E-state index in [0.717, 1.165) is 43.9 Å². The molecule has 1 atom stereocenters. The second-order valence-electron chi connectivity index (χ2n) is 13.0. The Morgan fingerprint density at radius 2 is 1.74 bits per heavy atom. The first-order valence-corrected chi connectivity index (χ1v) is 15.6. The van der Waals surface area contributed by atoms with Crippen molar-refractivity contribution in [2.75, 3.05) is 46.3 Å². The molecule has 0 bridgehead atoms. The molecule has 2 N–H and O–H groups in total. The number of aromatic nitrogens is 1. The zero-order valence-corrected chi connectivity index (χ0v) is 26.7. The van der Waals surface area contributed by atoms with Crippen molar-refractivity contribution in [3.63, 3.8) is 0 Å². The minimum absolute atomic E-state index is 0.133. The lowest BCUT2D eigenvalue weighted by atomic mass is 9.95. The molecule has 2 aliphatic heterocycles. The lowest BCUT2D eigenvalue weighted by molar-refractivity contribution is -0.274. The Labute approximate surface area is 267 Å². The fourth-order valence-electron chi connectivity index (χ4n) is 5.93. The van der Waals surface area contributed by atoms with E-state index >= 15 is 0 Å². The molecule has 1 aromatic heterocycles. The predicted molar refractivity (Wildman–Crippen MR) is 170 cm³/mol. The summed E-state index contributed by atoms with van der Waals surface area (Å²) in [5.41, 5.74) is 3.54. The predicted octanol–water partition coefficient (Wildman–Crippen LogP) is 6.06. The first-order valence-electron chi connectivity index (χ1n) is 15.6. The lowest BCUT2D eigenvalue weighted by Gasteiger charge is -2.32. The van der Waals surface area contributed by atoms with Crippen LogP contribution in [0.25, 0.3) is 22.3 Å². The number of hydrogen-bond acceptors (Lipinski definition) is 6. The second-order valence-corrected chi connectivity index (χ2v) is 13.0. The van der Waals surface area contributed by atoms with Crippen molar-refractivity contribution in [1.29, 1.82) is 0 Å². The van der Waals surface area contributed by atoms with E-state index < -0.39 is 18.1 Å². The van der Waals surface area contributed by atoms with Crippen LogP contribution in [0.1, 0.15) is 55.7 Å². The number of likely N-dealkylation sites (N-methyl/N-ethyl adjacent to an activating group) is 1. The Morgan fingerprint density at radius 1 is 1.02 bits per heavy atom. The number of rotatable bonds is 9. The van der Waals surface area contributed by atoms with Crippen molar-refractivity contribution >= 4 is 12.0 Å². The van der Waals surface area contributed by atoms with Crippen LogP contribution in [0.15, 0.2) is 54.7 Å². The fourth-order valence-corrected chi connectivity index (χ4v) is 5.93. The molecule has 2 amide bonds. The van der Waals surface area contributed by atoms with Gasteiger partial charge in [0.05, 0.1) is 6.04 Å². The van der Waals surface area contributed by atoms with Gasteiger partial charge in [0.2, 0.25) is 0 Å². The van der Waals surface area contributed by atoms with Crippen LogP contribution >= 0.6 is 0 Å². The summed E-state index contributed by atoms with van der Waals surface area (Å²) in [5.74, 6) is -0.592. The largest absolute Gasteiger partial charge is 0.573 e. The van der Waals surface area contributed by atoms with E-state index in [0.29, 0.717) is 48.3 Å². The zero-order chi connectivity index (χ0) is 33.1. The van der Waals surface area contributed by atoms with E-state index in [1.165, 1.54) is 18.2 Å². The van der Waals surface area contributed by atoms with Crippen molar-refractivity contribution in [2.24, 2.45) is 0 Å². The van der Waals surface area contributed by atoms with Crippen molar-refractivity contribution in [2.45, 2.75) is 58.2 Å². The molecule has 0 spiro atoms. The average molecular weight is 642 g/mol. The highest BCUT2D eigenvalue weighted by Gasteiger charge is 2.33. The van der Waals surface area contributed by atoms with Crippen LogP contribution in [0.4, 0.5) is 18.0 Å². The first-order chi connectivity index (χ1) is 21.8. The quantitative estimate of drug-likeness (QED) is 0.277. The third kappa shape index (κ3) is 8.61. The SMILES string of the molecule is CN1CCN(Cc2ccc(-c3c(-c4cccc(OC(F)(F)F)c4)cn4c3C(=O)NC[C@@H]4CCCNC(=O)OC(C)(C)C)cc2)CC1. The summed E-state index contributed by atoms with van der Waals surface area (Å²) in [7, 11) is 2.12. The number of amides is 2. The number of piperazine rings is 1. The molecule has 2 aliphatic rings. The van der Waals surface area contributed by atoms with Crippen LogP contribution in [0, 0.1) is 0 Å². The van der Waals surface area contributed by atoms with Gasteiger partial charge in [0.1, 0.15) is 17.0 Å². The van der Waals surface area contributed by atoms with Gasteiger partial charge in [0.15, 0.2) is 0 Å². The van der Waals surface area contributed by atoms with Crippen molar-refractivity contribution in [3.8, 4) is 28.0 Å². The van der Waals surface area contributed by atoms with Gasteiger partial charge < -0.3 is 29.6 Å². The van der Waals surface area contributed by atoms with Gasteiger partial charge in [0.25, 0.3) is 5.91 Å². The summed E-state index contributed by atoms with van der Waals surface area (Å²) >= 11 is 0. The number of nitrogens with zero attached hydrogens (tertiary/aromatic N) is 3. The van der Waals surface area contributed by atoms with E-state index in [1.807, 2.05) is 35.0 Å². The monoisotopic (exact) mass is 641 g/mol. The molecule has 9 nitrogen and oxygen atoms in total. The van der Waals surface area contributed by atoms with Gasteiger partial charge in [-0.25, -0.2) is 4.79 Å². The van der Waals surface area contributed by atoms with Crippen LogP contribution in [-0.4, -0.2) is 84.6 Å². The highest BCUT2D eigenvalue weighted by atomic mass is 19.4. The normalized spacial score (nSPS) is 17.7. The number of nitrogens with one attached hydrogen (secondary N) is 2. The fraction of sp³-hybridized carbons (Fsp3) is 0.471. The molecule has 3 aromatic rings. The molecule has 1 fully saturated rings. The molecule has 0 saturated carbocycles. The van der Waals surface area contributed by atoms with Gasteiger partial charge in [-0.1, -0.05) is 36.4 Å². The summed E-state index contributed by atoms with van der Waals surface area (Å²) in [4.78, 5) is 30.3. The molecule has 248 valence electrons. The van der Waals surface area contributed by atoms with Gasteiger partial charge in [-0.15, -0.1) is 13.2 Å². The van der Waals surface area contributed by atoms with Gasteiger partial charge >= 0.3 is 12.5 Å². The number of ether oxygens (including phenoxy) is 2. The van der Waals surface area contributed by atoms with Gasteiger partial charge in [0, 0.05) is 63.1 Å². The molecule has 0 unspecified atom stereocenters. The molecule has 0 aliphatic carbocycles. The third-order valence-corrected chi connectivity index (χ3v) is 8.14. The molecular formula is C34H42F3N5O4. The molecule has 3 heterocycles. The van der Waals surface area contributed by atoms with Crippen LogP contribution in [0.3, 0.4) is 0 Å². The summed E-state index contributed by atoms with van der Waals surface area (Å²) in [5, 5.41) is 5.77. The van der Waals surface area contributed by atoms with E-state index in [1.54, 1.807) is 26.8 Å². The van der Waals surface area contributed by atoms with Crippen molar-refractivity contribution in [1.82, 2.24) is 25.0 Å². The highest BCUT2D eigenvalue weighted by molar-refractivity contribution is 6.05. The van der Waals surface area contributed by atoms with Crippen LogP contribution in [0.5, 0.6) is 5.75 Å². The molecule has 5 rings (SSSR count). The first kappa shape index (κ1) is 33.3. The minimum atomic E-state index is -4.83. The van der Waals surface area contributed by atoms with E-state index in [2.05, 4.69) is 32.2 Å². The maximum Gasteiger partial charge on any atom is 0.573 e. The highest BCUT2D eigenvalue weighted by Crippen LogP contribution is 2.41. The molecule has 46 heavy (non-hydrogen) atoms. The maximum atomic E-state index is 13.4. The van der Waals surface area contributed by atoms with E-state index in [9.17, 15) is 22.8 Å². The molecule has 2 aromatic carbocycles. The number of fused-ring (bicyclic) bond motifs is 1. The Hall–Kier alpha value is -4.03. The van der Waals surface area contributed by atoms with Crippen LogP contribution < -0.4 is 15.4 Å². The van der Waals surface area contributed by atoms with Crippen LogP contribution in [-0.2, 0) is 11.3 Å². The number of alkyl carbamates (subject to hydrolysis) is 1. The average Bonchev–Trinajstić information content (AvgIpc) is 3.38. The molecular weight excluding hydrogens is 599 g/mol. The molecule has 12 heteroatoms. The van der Waals surface area contributed by atoms with Gasteiger partial charge in [-0.05, 0) is 69.5 Å². The number of carbonyl (C=O) groups is 2. The molecule has 0 radical (unpaired) electrons. The van der Waals surface area contributed by atoms with E-state index in [-0.39, 0.29) is 17.7 Å². The number of hydrogen-bond donors (Lipinski definition) is 2. The van der Waals surface area contributed by atoms with Crippen LogP contribution in [0.2, 0.25) is 0 Å². The van der Waals surface area contributed by atoms with Crippen molar-refractivity contribution in [3.05, 3.63) is 66.0 Å². The van der Waals surface area contributed by atoms with E-state index in [4.69, 9.17) is 4.74 Å². The summed E-state index contributed by atoms with van der Waals surface area (Å²) in [6.07, 6.45) is -2.22. The number of carbonyl (C=O) groups excluding carboxylic acids is 2. The minimum Gasteiger partial charge on any atom is -0.444 e. The number of halogens is 3. The second kappa shape index (κ2) is 13.8. The molecule has 1 saturated heterocycles. The lowest BCUT2D eigenvalue weighted by Crippen LogP contribution is -2.43. The van der Waals surface area contributed by atoms with Crippen molar-refractivity contribution < 1.29 is 32.2 Å². The summed E-state index contributed by atoms with van der Waals surface area (Å²) < 4.78 is 50.7. The zero-order valence-electron chi connectivity index (χ0n) is 26.7. The number of alkyl halides is 3. The smallest absolute Gasteiger partial charge is 0.444 e. The number of benzene rings is 2. The summed E-state index contributed by atoms with van der Waals surface area (Å²) in [6.45, 7) is 11.0. The Morgan fingerprint density at radius 3 is 2.41 bits per heavy atom. The maximum absolute atomic E-state index is 13.4. The van der Waals surface area contributed by atoms with Gasteiger partial charge in [-0.2, -0.15) is 0 Å².